The molecule has 1 atom stereocenters. The second-order valence-electron chi connectivity index (χ2n) is 5.80. The number of ether oxygens (including phenoxy) is 1. The van der Waals surface area contributed by atoms with Crippen molar-refractivity contribution in [2.45, 2.75) is 26.4 Å². The lowest BCUT2D eigenvalue weighted by Crippen LogP contribution is -2.49. The maximum Gasteiger partial charge on any atom is 0.261 e. The van der Waals surface area contributed by atoms with Crippen LogP contribution < -0.4 is 10.1 Å². The van der Waals surface area contributed by atoms with Crippen molar-refractivity contribution in [3.8, 4) is 5.75 Å². The van der Waals surface area contributed by atoms with Crippen LogP contribution >= 0.6 is 11.6 Å². The zero-order valence-electron chi connectivity index (χ0n) is 14.9. The summed E-state index contributed by atoms with van der Waals surface area (Å²) in [5.41, 5.74) is 0.940. The average molecular weight is 375 g/mol. The molecule has 26 heavy (non-hydrogen) atoms. The molecule has 2 aromatic rings. The number of benzene rings is 2. The molecule has 0 aliphatic heterocycles. The molecule has 0 saturated heterocycles. The van der Waals surface area contributed by atoms with Crippen LogP contribution in [0.3, 0.4) is 0 Å². The number of para-hydroxylation sites is 1. The standard InChI is InChI=1S/C20H23ClN2O3/c1-3-22-20(25)15(2)23(13-16-9-5-4-6-10-16)19(24)14-26-18-12-8-7-11-17(18)21/h4-12,15H,3,13-14H2,1-2H3,(H,22,25)/t15-/m1/s1. The number of amides is 2. The quantitative estimate of drug-likeness (QED) is 0.771. The lowest BCUT2D eigenvalue weighted by atomic mass is 10.1. The van der Waals surface area contributed by atoms with Crippen molar-refractivity contribution >= 4 is 23.4 Å². The molecule has 0 spiro atoms. The SMILES string of the molecule is CCNC(=O)[C@@H](C)N(Cc1ccccc1)C(=O)COc1ccccc1Cl. The number of rotatable bonds is 8. The van der Waals surface area contributed by atoms with Gasteiger partial charge in [-0.05, 0) is 31.5 Å². The number of halogens is 1. The monoisotopic (exact) mass is 374 g/mol. The minimum atomic E-state index is -0.613. The Hall–Kier alpha value is -2.53. The maximum absolute atomic E-state index is 12.8. The smallest absolute Gasteiger partial charge is 0.261 e. The number of carbonyl (C=O) groups is 2. The van der Waals surface area contributed by atoms with Crippen LogP contribution in [0.25, 0.3) is 0 Å². The number of likely N-dealkylation sites (N-methyl/N-ethyl adjacent to an activating group) is 1. The van der Waals surface area contributed by atoms with Gasteiger partial charge in [0.05, 0.1) is 5.02 Å². The van der Waals surface area contributed by atoms with Crippen molar-refractivity contribution < 1.29 is 14.3 Å². The minimum Gasteiger partial charge on any atom is -0.482 e. The highest BCUT2D eigenvalue weighted by atomic mass is 35.5. The molecule has 6 heteroatoms. The Bertz CT molecular complexity index is 737. The van der Waals surface area contributed by atoms with E-state index in [2.05, 4.69) is 5.32 Å². The summed E-state index contributed by atoms with van der Waals surface area (Å²) in [6.07, 6.45) is 0. The first-order chi connectivity index (χ1) is 12.5. The normalized spacial score (nSPS) is 11.5. The Morgan fingerprint density at radius 2 is 1.77 bits per heavy atom. The van der Waals surface area contributed by atoms with Crippen LogP contribution in [0.1, 0.15) is 19.4 Å². The Balaban J connectivity index is 2.12. The lowest BCUT2D eigenvalue weighted by molar-refractivity contribution is -0.142. The zero-order valence-corrected chi connectivity index (χ0v) is 15.7. The first-order valence-electron chi connectivity index (χ1n) is 8.51. The summed E-state index contributed by atoms with van der Waals surface area (Å²) < 4.78 is 5.55. The molecule has 0 radical (unpaired) electrons. The molecule has 0 fully saturated rings. The van der Waals surface area contributed by atoms with E-state index in [0.717, 1.165) is 5.56 Å². The van der Waals surface area contributed by atoms with E-state index < -0.39 is 6.04 Å². The molecule has 5 nitrogen and oxygen atoms in total. The first-order valence-corrected chi connectivity index (χ1v) is 8.89. The van der Waals surface area contributed by atoms with E-state index in [-0.39, 0.29) is 18.4 Å². The van der Waals surface area contributed by atoms with Gasteiger partial charge in [-0.2, -0.15) is 0 Å². The molecule has 0 bridgehead atoms. The van der Waals surface area contributed by atoms with Crippen molar-refractivity contribution in [3.63, 3.8) is 0 Å². The van der Waals surface area contributed by atoms with E-state index in [0.29, 0.717) is 23.9 Å². The van der Waals surface area contributed by atoms with E-state index in [4.69, 9.17) is 16.3 Å². The molecule has 138 valence electrons. The van der Waals surface area contributed by atoms with Gasteiger partial charge in [-0.15, -0.1) is 0 Å². The number of carbonyl (C=O) groups excluding carboxylic acids is 2. The van der Waals surface area contributed by atoms with Crippen molar-refractivity contribution in [3.05, 3.63) is 65.2 Å². The molecule has 1 N–H and O–H groups in total. The van der Waals surface area contributed by atoms with E-state index in [1.54, 1.807) is 31.2 Å². The summed E-state index contributed by atoms with van der Waals surface area (Å²) in [7, 11) is 0. The molecule has 2 aromatic carbocycles. The predicted octanol–water partition coefficient (Wildman–Crippen LogP) is 3.27. The fourth-order valence-electron chi connectivity index (χ4n) is 2.47. The van der Waals surface area contributed by atoms with Crippen LogP contribution in [0, 0.1) is 0 Å². The van der Waals surface area contributed by atoms with E-state index in [9.17, 15) is 9.59 Å². The predicted molar refractivity (Wildman–Crippen MR) is 102 cm³/mol. The number of nitrogens with one attached hydrogen (secondary N) is 1. The minimum absolute atomic E-state index is 0.194. The molecule has 0 unspecified atom stereocenters. The van der Waals surface area contributed by atoms with Crippen molar-refractivity contribution in [1.29, 1.82) is 0 Å². The first kappa shape index (κ1) is 19.8. The Morgan fingerprint density at radius 3 is 2.42 bits per heavy atom. The van der Waals surface area contributed by atoms with Gasteiger partial charge >= 0.3 is 0 Å². The van der Waals surface area contributed by atoms with E-state index in [1.807, 2.05) is 37.3 Å². The van der Waals surface area contributed by atoms with Crippen molar-refractivity contribution in [2.24, 2.45) is 0 Å². The summed E-state index contributed by atoms with van der Waals surface area (Å²) >= 11 is 6.06. The number of nitrogens with zero attached hydrogens (tertiary/aromatic N) is 1. The van der Waals surface area contributed by atoms with Gasteiger partial charge in [-0.3, -0.25) is 9.59 Å². The molecule has 0 aliphatic carbocycles. The Kier molecular flexibility index (Phi) is 7.48. The fourth-order valence-corrected chi connectivity index (χ4v) is 2.66. The highest BCUT2D eigenvalue weighted by Crippen LogP contribution is 2.23. The summed E-state index contributed by atoms with van der Waals surface area (Å²) in [4.78, 5) is 26.5. The average Bonchev–Trinajstić information content (AvgIpc) is 2.65. The fraction of sp³-hybridized carbons (Fsp3) is 0.300. The van der Waals surface area contributed by atoms with Gasteiger partial charge < -0.3 is 15.0 Å². The van der Waals surface area contributed by atoms with E-state index >= 15 is 0 Å². The van der Waals surface area contributed by atoms with Crippen LogP contribution in [0.15, 0.2) is 54.6 Å². The van der Waals surface area contributed by atoms with Crippen molar-refractivity contribution in [2.75, 3.05) is 13.2 Å². The molecule has 0 aromatic heterocycles. The summed E-state index contributed by atoms with van der Waals surface area (Å²) in [6, 6.07) is 15.9. The summed E-state index contributed by atoms with van der Waals surface area (Å²) in [5.74, 6) is -0.0464. The van der Waals surface area contributed by atoms with Gasteiger partial charge in [0.15, 0.2) is 6.61 Å². The highest BCUT2D eigenvalue weighted by Gasteiger charge is 2.26. The van der Waals surface area contributed by atoms with Gasteiger partial charge in [0.2, 0.25) is 5.91 Å². The van der Waals surface area contributed by atoms with Gasteiger partial charge in [-0.25, -0.2) is 0 Å². The molecule has 2 amide bonds. The van der Waals surface area contributed by atoms with Crippen LogP contribution in [0.5, 0.6) is 5.75 Å². The largest absolute Gasteiger partial charge is 0.482 e. The molecule has 0 saturated carbocycles. The van der Waals surface area contributed by atoms with Crippen LogP contribution in [0.2, 0.25) is 5.02 Å². The number of hydrogen-bond acceptors (Lipinski definition) is 3. The lowest BCUT2D eigenvalue weighted by Gasteiger charge is -2.28. The zero-order chi connectivity index (χ0) is 18.9. The van der Waals surface area contributed by atoms with Gasteiger partial charge in [0.25, 0.3) is 5.91 Å². The van der Waals surface area contributed by atoms with Gasteiger partial charge in [-0.1, -0.05) is 54.1 Å². The molecule has 0 heterocycles. The van der Waals surface area contributed by atoms with Crippen LogP contribution in [0.4, 0.5) is 0 Å². The van der Waals surface area contributed by atoms with Crippen LogP contribution in [-0.4, -0.2) is 35.9 Å². The Morgan fingerprint density at radius 1 is 1.12 bits per heavy atom. The summed E-state index contributed by atoms with van der Waals surface area (Å²) in [6.45, 7) is 4.19. The topological polar surface area (TPSA) is 58.6 Å². The molecular formula is C20H23ClN2O3. The molecule has 0 aliphatic rings. The third kappa shape index (κ3) is 5.49. The maximum atomic E-state index is 12.8. The third-order valence-electron chi connectivity index (χ3n) is 3.90. The van der Waals surface area contributed by atoms with E-state index in [1.165, 1.54) is 4.90 Å². The molecule has 2 rings (SSSR count). The second-order valence-corrected chi connectivity index (χ2v) is 6.20. The second kappa shape index (κ2) is 9.82. The highest BCUT2D eigenvalue weighted by molar-refractivity contribution is 6.32. The van der Waals surface area contributed by atoms with Crippen molar-refractivity contribution in [1.82, 2.24) is 10.2 Å². The summed E-state index contributed by atoms with van der Waals surface area (Å²) in [5, 5.41) is 3.19. The van der Waals surface area contributed by atoms with Crippen LogP contribution in [-0.2, 0) is 16.1 Å². The Labute approximate surface area is 158 Å². The number of hydrogen-bond donors (Lipinski definition) is 1. The van der Waals surface area contributed by atoms with Gasteiger partial charge in [0.1, 0.15) is 11.8 Å². The third-order valence-corrected chi connectivity index (χ3v) is 4.21. The van der Waals surface area contributed by atoms with Gasteiger partial charge in [0, 0.05) is 13.1 Å². The molecular weight excluding hydrogens is 352 g/mol.